The Bertz CT molecular complexity index is 519. The average Bonchev–Trinajstić information content (AvgIpc) is 2.92. The van der Waals surface area contributed by atoms with Crippen LogP contribution in [0, 0.1) is 0 Å². The molecule has 1 saturated heterocycles. The van der Waals surface area contributed by atoms with Crippen molar-refractivity contribution in [1.29, 1.82) is 0 Å². The van der Waals surface area contributed by atoms with Crippen molar-refractivity contribution in [2.45, 2.75) is 58.0 Å². The summed E-state index contributed by atoms with van der Waals surface area (Å²) in [5.41, 5.74) is 1.13. The van der Waals surface area contributed by atoms with Crippen LogP contribution >= 0.6 is 0 Å². The van der Waals surface area contributed by atoms with Crippen molar-refractivity contribution < 1.29 is 14.3 Å². The number of nitrogens with zero attached hydrogens (tertiary/aromatic N) is 1. The Morgan fingerprint density at radius 1 is 1.19 bits per heavy atom. The molecule has 0 radical (unpaired) electrons. The number of ether oxygens (including phenoxy) is 2. The largest absolute Gasteiger partial charge is 0.454 e. The summed E-state index contributed by atoms with van der Waals surface area (Å²) in [6.07, 6.45) is 4.80. The van der Waals surface area contributed by atoms with Crippen LogP contribution in [0.15, 0.2) is 18.2 Å². The van der Waals surface area contributed by atoms with Crippen molar-refractivity contribution in [3.8, 4) is 11.5 Å². The number of benzene rings is 1. The number of carbonyl (C=O) groups excluding carboxylic acids is 1. The maximum absolute atomic E-state index is 12.5. The maximum atomic E-state index is 12.5. The third kappa shape index (κ3) is 2.99. The van der Waals surface area contributed by atoms with E-state index in [0.29, 0.717) is 25.3 Å². The molecule has 2 aliphatic rings. The third-order valence-corrected chi connectivity index (χ3v) is 4.55. The van der Waals surface area contributed by atoms with Gasteiger partial charge in [-0.25, -0.2) is 0 Å². The lowest BCUT2D eigenvalue weighted by atomic mass is 9.96. The lowest BCUT2D eigenvalue weighted by Crippen LogP contribution is -2.47. The van der Waals surface area contributed by atoms with Crippen LogP contribution in [0.3, 0.4) is 0 Å². The van der Waals surface area contributed by atoms with E-state index >= 15 is 0 Å². The molecule has 1 aromatic carbocycles. The van der Waals surface area contributed by atoms with Gasteiger partial charge in [-0.15, -0.1) is 0 Å². The summed E-state index contributed by atoms with van der Waals surface area (Å²) >= 11 is 0. The summed E-state index contributed by atoms with van der Waals surface area (Å²) in [7, 11) is 0. The fourth-order valence-electron chi connectivity index (χ4n) is 3.39. The molecule has 0 N–H and O–H groups in total. The van der Waals surface area contributed by atoms with Crippen molar-refractivity contribution in [2.75, 3.05) is 6.79 Å². The molecule has 1 aromatic rings. The monoisotopic (exact) mass is 289 g/mol. The molecule has 1 amide bonds. The topological polar surface area (TPSA) is 38.8 Å². The number of likely N-dealkylation sites (tertiary alicyclic amines) is 1. The average molecular weight is 289 g/mol. The number of amides is 1. The van der Waals surface area contributed by atoms with E-state index in [9.17, 15) is 4.79 Å². The first kappa shape index (κ1) is 14.2. The molecule has 2 heterocycles. The van der Waals surface area contributed by atoms with Gasteiger partial charge >= 0.3 is 0 Å². The van der Waals surface area contributed by atoms with Crippen LogP contribution in [-0.2, 0) is 11.2 Å². The number of fused-ring (bicyclic) bond motifs is 1. The summed E-state index contributed by atoms with van der Waals surface area (Å²) in [6, 6.07) is 6.67. The van der Waals surface area contributed by atoms with E-state index in [4.69, 9.17) is 9.47 Å². The van der Waals surface area contributed by atoms with Crippen molar-refractivity contribution in [2.24, 2.45) is 0 Å². The summed E-state index contributed by atoms with van der Waals surface area (Å²) < 4.78 is 10.7. The van der Waals surface area contributed by atoms with E-state index in [0.717, 1.165) is 36.3 Å². The Morgan fingerprint density at radius 2 is 1.90 bits per heavy atom. The predicted octanol–water partition coefficient (Wildman–Crippen LogP) is 3.14. The summed E-state index contributed by atoms with van der Waals surface area (Å²) in [4.78, 5) is 14.6. The highest BCUT2D eigenvalue weighted by Crippen LogP contribution is 2.33. The molecule has 3 rings (SSSR count). The maximum Gasteiger partial charge on any atom is 0.231 e. The molecule has 21 heavy (non-hydrogen) atoms. The SMILES string of the molecule is CC1CCCC(C)N1C(=O)CCc1ccc2c(c1)OCO2. The molecule has 0 saturated carbocycles. The van der Waals surface area contributed by atoms with Gasteiger partial charge in [0.1, 0.15) is 0 Å². The van der Waals surface area contributed by atoms with Gasteiger partial charge in [-0.3, -0.25) is 4.79 Å². The number of piperidine rings is 1. The van der Waals surface area contributed by atoms with Gasteiger partial charge in [0.05, 0.1) is 0 Å². The van der Waals surface area contributed by atoms with Gasteiger partial charge in [-0.1, -0.05) is 6.07 Å². The molecule has 2 unspecified atom stereocenters. The van der Waals surface area contributed by atoms with E-state index in [1.165, 1.54) is 6.42 Å². The number of hydrogen-bond donors (Lipinski definition) is 0. The molecule has 114 valence electrons. The van der Waals surface area contributed by atoms with Crippen molar-refractivity contribution in [3.05, 3.63) is 23.8 Å². The smallest absolute Gasteiger partial charge is 0.231 e. The van der Waals surface area contributed by atoms with Crippen LogP contribution in [0.5, 0.6) is 11.5 Å². The number of rotatable bonds is 3. The second-order valence-electron chi connectivity index (χ2n) is 6.12. The fraction of sp³-hybridized carbons (Fsp3) is 0.588. The molecular weight excluding hydrogens is 266 g/mol. The van der Waals surface area contributed by atoms with E-state index in [-0.39, 0.29) is 5.91 Å². The summed E-state index contributed by atoms with van der Waals surface area (Å²) in [5, 5.41) is 0. The molecule has 2 aliphatic heterocycles. The van der Waals surface area contributed by atoms with Crippen molar-refractivity contribution >= 4 is 5.91 Å². The molecule has 4 heteroatoms. The Kier molecular flexibility index (Phi) is 4.04. The van der Waals surface area contributed by atoms with Crippen LogP contribution in [-0.4, -0.2) is 29.7 Å². The number of carbonyl (C=O) groups is 1. The zero-order valence-corrected chi connectivity index (χ0v) is 12.8. The number of aryl methyl sites for hydroxylation is 1. The Morgan fingerprint density at radius 3 is 2.67 bits per heavy atom. The van der Waals surface area contributed by atoms with Gasteiger partial charge in [0.2, 0.25) is 12.7 Å². The molecule has 0 spiro atoms. The van der Waals surface area contributed by atoms with Gasteiger partial charge in [0.25, 0.3) is 0 Å². The molecule has 1 fully saturated rings. The first-order valence-electron chi connectivity index (χ1n) is 7.85. The molecule has 0 aromatic heterocycles. The molecular formula is C17H23NO3. The normalized spacial score (nSPS) is 24.2. The quantitative estimate of drug-likeness (QED) is 0.858. The Labute approximate surface area is 126 Å². The Hall–Kier alpha value is -1.71. The van der Waals surface area contributed by atoms with Gasteiger partial charge < -0.3 is 14.4 Å². The van der Waals surface area contributed by atoms with Gasteiger partial charge in [0.15, 0.2) is 11.5 Å². The number of hydrogen-bond acceptors (Lipinski definition) is 3. The second kappa shape index (κ2) is 5.96. The molecule has 0 aliphatic carbocycles. The van der Waals surface area contributed by atoms with Gasteiger partial charge in [-0.05, 0) is 57.2 Å². The summed E-state index contributed by atoms with van der Waals surface area (Å²) in [5.74, 6) is 1.86. The fourth-order valence-corrected chi connectivity index (χ4v) is 3.39. The standard InChI is InChI=1S/C17H23NO3/c1-12-4-3-5-13(2)18(12)17(19)9-7-14-6-8-15-16(10-14)21-11-20-15/h6,8,10,12-13H,3-5,7,9,11H2,1-2H3. The minimum atomic E-state index is 0.271. The third-order valence-electron chi connectivity index (χ3n) is 4.55. The van der Waals surface area contributed by atoms with Crippen LogP contribution in [0.2, 0.25) is 0 Å². The van der Waals surface area contributed by atoms with E-state index < -0.39 is 0 Å². The first-order chi connectivity index (χ1) is 10.1. The zero-order chi connectivity index (χ0) is 14.8. The summed E-state index contributed by atoms with van der Waals surface area (Å²) in [6.45, 7) is 4.61. The first-order valence-corrected chi connectivity index (χ1v) is 7.85. The lowest BCUT2D eigenvalue weighted by molar-refractivity contribution is -0.137. The second-order valence-corrected chi connectivity index (χ2v) is 6.12. The minimum Gasteiger partial charge on any atom is -0.454 e. The van der Waals surface area contributed by atoms with E-state index in [1.807, 2.05) is 18.2 Å². The van der Waals surface area contributed by atoms with Crippen LogP contribution in [0.4, 0.5) is 0 Å². The molecule has 2 atom stereocenters. The van der Waals surface area contributed by atoms with E-state index in [2.05, 4.69) is 18.7 Å². The Balaban J connectivity index is 1.60. The highest BCUT2D eigenvalue weighted by Gasteiger charge is 2.28. The predicted molar refractivity (Wildman–Crippen MR) is 80.5 cm³/mol. The van der Waals surface area contributed by atoms with E-state index in [1.54, 1.807) is 0 Å². The van der Waals surface area contributed by atoms with Crippen LogP contribution in [0.1, 0.15) is 45.1 Å². The van der Waals surface area contributed by atoms with Gasteiger partial charge in [-0.2, -0.15) is 0 Å². The van der Waals surface area contributed by atoms with Crippen molar-refractivity contribution in [3.63, 3.8) is 0 Å². The van der Waals surface area contributed by atoms with Crippen molar-refractivity contribution in [1.82, 2.24) is 4.90 Å². The lowest BCUT2D eigenvalue weighted by Gasteiger charge is -2.39. The zero-order valence-electron chi connectivity index (χ0n) is 12.8. The van der Waals surface area contributed by atoms with Gasteiger partial charge in [0, 0.05) is 18.5 Å². The molecule has 0 bridgehead atoms. The molecule has 4 nitrogen and oxygen atoms in total. The van der Waals surface area contributed by atoms with Crippen LogP contribution < -0.4 is 9.47 Å². The highest BCUT2D eigenvalue weighted by molar-refractivity contribution is 5.77. The minimum absolute atomic E-state index is 0.271. The highest BCUT2D eigenvalue weighted by atomic mass is 16.7. The van der Waals surface area contributed by atoms with Crippen LogP contribution in [0.25, 0.3) is 0 Å².